The highest BCUT2D eigenvalue weighted by molar-refractivity contribution is 4.76. The minimum Gasteiger partial charge on any atom is -0.362 e. The van der Waals surface area contributed by atoms with Crippen molar-refractivity contribution < 1.29 is 9.84 Å². The Kier molecular flexibility index (Phi) is 2.30. The normalized spacial score (nSPS) is 13.4. The zero-order valence-electron chi connectivity index (χ0n) is 5.48. The molecule has 0 aliphatic carbocycles. The molecule has 0 radical (unpaired) electrons. The number of aromatic amines is 1. The lowest BCUT2D eigenvalue weighted by Gasteiger charge is -2.03. The van der Waals surface area contributed by atoms with Gasteiger partial charge in [-0.3, -0.25) is 0 Å². The van der Waals surface area contributed by atoms with Gasteiger partial charge in [0.1, 0.15) is 0 Å². The van der Waals surface area contributed by atoms with Crippen LogP contribution < -0.4 is 0 Å². The van der Waals surface area contributed by atoms with Crippen LogP contribution in [0.2, 0.25) is 0 Å². The molecule has 0 saturated heterocycles. The lowest BCUT2D eigenvalue weighted by atomic mass is 10.6. The van der Waals surface area contributed by atoms with Crippen molar-refractivity contribution in [2.45, 2.75) is 13.2 Å². The minimum atomic E-state index is -1.07. The van der Waals surface area contributed by atoms with Crippen LogP contribution >= 0.6 is 0 Å². The predicted molar refractivity (Wildman–Crippen MR) is 30.8 cm³/mol. The summed E-state index contributed by atoms with van der Waals surface area (Å²) in [5, 5.41) is 21.5. The molecule has 6 nitrogen and oxygen atoms in total. The SMILES string of the molecule is CCOC(O)c1nn[nH]n1. The molecule has 1 aromatic heterocycles. The minimum absolute atomic E-state index is 0.154. The summed E-state index contributed by atoms with van der Waals surface area (Å²) in [6, 6.07) is 0. The van der Waals surface area contributed by atoms with Crippen molar-refractivity contribution >= 4 is 0 Å². The summed E-state index contributed by atoms with van der Waals surface area (Å²) >= 11 is 0. The van der Waals surface area contributed by atoms with Crippen LogP contribution in [0, 0.1) is 0 Å². The Morgan fingerprint density at radius 3 is 3.10 bits per heavy atom. The highest BCUT2D eigenvalue weighted by Gasteiger charge is 2.10. The van der Waals surface area contributed by atoms with Gasteiger partial charge in [0.25, 0.3) is 0 Å². The van der Waals surface area contributed by atoms with Crippen molar-refractivity contribution in [2.75, 3.05) is 6.61 Å². The van der Waals surface area contributed by atoms with Crippen LogP contribution in [0.3, 0.4) is 0 Å². The van der Waals surface area contributed by atoms with Crippen molar-refractivity contribution in [1.29, 1.82) is 0 Å². The Balaban J connectivity index is 2.50. The van der Waals surface area contributed by atoms with E-state index in [2.05, 4.69) is 20.6 Å². The van der Waals surface area contributed by atoms with Gasteiger partial charge in [0.15, 0.2) is 0 Å². The van der Waals surface area contributed by atoms with Gasteiger partial charge in [-0.05, 0) is 12.1 Å². The van der Waals surface area contributed by atoms with Crippen molar-refractivity contribution in [2.24, 2.45) is 0 Å². The van der Waals surface area contributed by atoms with Gasteiger partial charge >= 0.3 is 0 Å². The average molecular weight is 144 g/mol. The number of aliphatic hydroxyl groups is 1. The maximum absolute atomic E-state index is 9.00. The predicted octanol–water partition coefficient (Wildman–Crippen LogP) is -0.773. The van der Waals surface area contributed by atoms with E-state index in [1.165, 1.54) is 0 Å². The van der Waals surface area contributed by atoms with Crippen molar-refractivity contribution in [1.82, 2.24) is 20.6 Å². The van der Waals surface area contributed by atoms with Crippen LogP contribution in [0.25, 0.3) is 0 Å². The van der Waals surface area contributed by atoms with Gasteiger partial charge in [-0.1, -0.05) is 0 Å². The summed E-state index contributed by atoms with van der Waals surface area (Å²) in [5.74, 6) is 0.154. The lowest BCUT2D eigenvalue weighted by Crippen LogP contribution is -2.04. The first-order chi connectivity index (χ1) is 4.84. The van der Waals surface area contributed by atoms with Crippen LogP contribution in [0.5, 0.6) is 0 Å². The number of ether oxygens (including phenoxy) is 1. The highest BCUT2D eigenvalue weighted by atomic mass is 16.6. The van der Waals surface area contributed by atoms with Crippen LogP contribution in [0.4, 0.5) is 0 Å². The third-order valence-electron chi connectivity index (χ3n) is 0.907. The number of H-pyrrole nitrogens is 1. The zero-order chi connectivity index (χ0) is 7.40. The zero-order valence-corrected chi connectivity index (χ0v) is 5.48. The topological polar surface area (TPSA) is 83.9 Å². The maximum Gasteiger partial charge on any atom is 0.230 e. The molecular formula is C4H8N4O2. The summed E-state index contributed by atoms with van der Waals surface area (Å²) in [6.45, 7) is 2.18. The Hall–Kier alpha value is -1.01. The molecule has 1 aromatic rings. The molecule has 10 heavy (non-hydrogen) atoms. The van der Waals surface area contributed by atoms with Crippen LogP contribution in [-0.2, 0) is 4.74 Å². The summed E-state index contributed by atoms with van der Waals surface area (Å²) < 4.78 is 4.76. The molecule has 1 rings (SSSR count). The molecule has 0 aromatic carbocycles. The van der Waals surface area contributed by atoms with Gasteiger partial charge in [-0.15, -0.1) is 10.2 Å². The summed E-state index contributed by atoms with van der Waals surface area (Å²) in [7, 11) is 0. The fourth-order valence-electron chi connectivity index (χ4n) is 0.507. The number of rotatable bonds is 3. The second-order valence-electron chi connectivity index (χ2n) is 1.58. The van der Waals surface area contributed by atoms with E-state index in [4.69, 9.17) is 9.84 Å². The number of tetrazole rings is 1. The third kappa shape index (κ3) is 1.49. The van der Waals surface area contributed by atoms with Crippen LogP contribution in [0.15, 0.2) is 0 Å². The van der Waals surface area contributed by atoms with E-state index >= 15 is 0 Å². The first-order valence-corrected chi connectivity index (χ1v) is 2.87. The molecule has 56 valence electrons. The Morgan fingerprint density at radius 1 is 1.80 bits per heavy atom. The summed E-state index contributed by atoms with van der Waals surface area (Å²) in [6.07, 6.45) is -1.07. The van der Waals surface area contributed by atoms with E-state index < -0.39 is 6.29 Å². The van der Waals surface area contributed by atoms with Crippen LogP contribution in [0.1, 0.15) is 19.0 Å². The number of nitrogens with one attached hydrogen (secondary N) is 1. The first kappa shape index (κ1) is 7.10. The maximum atomic E-state index is 9.00. The number of aliphatic hydroxyl groups excluding tert-OH is 1. The van der Waals surface area contributed by atoms with Gasteiger partial charge in [-0.25, -0.2) is 0 Å². The standard InChI is InChI=1S/C4H8N4O2/c1-2-10-4(9)3-5-7-8-6-3/h4,9H,2H2,1H3,(H,5,6,7,8). The molecule has 6 heteroatoms. The van der Waals surface area contributed by atoms with E-state index in [0.29, 0.717) is 6.61 Å². The molecule has 0 aliphatic heterocycles. The van der Waals surface area contributed by atoms with E-state index in [1.807, 2.05) is 0 Å². The molecule has 0 bridgehead atoms. The van der Waals surface area contributed by atoms with Crippen molar-refractivity contribution in [3.63, 3.8) is 0 Å². The van der Waals surface area contributed by atoms with Gasteiger partial charge < -0.3 is 9.84 Å². The smallest absolute Gasteiger partial charge is 0.230 e. The molecule has 0 spiro atoms. The third-order valence-corrected chi connectivity index (χ3v) is 0.907. The molecule has 0 aliphatic rings. The van der Waals surface area contributed by atoms with E-state index in [9.17, 15) is 0 Å². The second kappa shape index (κ2) is 3.23. The van der Waals surface area contributed by atoms with E-state index in [1.54, 1.807) is 6.92 Å². The summed E-state index contributed by atoms with van der Waals surface area (Å²) in [5.41, 5.74) is 0. The highest BCUT2D eigenvalue weighted by Crippen LogP contribution is 2.04. The Labute approximate surface area is 57.2 Å². The van der Waals surface area contributed by atoms with Gasteiger partial charge in [-0.2, -0.15) is 5.21 Å². The molecular weight excluding hydrogens is 136 g/mol. The number of hydrogen-bond donors (Lipinski definition) is 2. The molecule has 1 heterocycles. The Morgan fingerprint density at radius 2 is 2.60 bits per heavy atom. The number of aromatic nitrogens is 4. The summed E-state index contributed by atoms with van der Waals surface area (Å²) in [4.78, 5) is 0. The molecule has 0 fully saturated rings. The molecule has 1 atom stereocenters. The average Bonchev–Trinajstić information content (AvgIpc) is 2.38. The molecule has 0 amide bonds. The largest absolute Gasteiger partial charge is 0.362 e. The Bertz CT molecular complexity index is 175. The van der Waals surface area contributed by atoms with Gasteiger partial charge in [0.2, 0.25) is 12.1 Å². The van der Waals surface area contributed by atoms with Gasteiger partial charge in [0.05, 0.1) is 0 Å². The number of nitrogens with zero attached hydrogens (tertiary/aromatic N) is 3. The quantitative estimate of drug-likeness (QED) is 0.544. The first-order valence-electron chi connectivity index (χ1n) is 2.87. The fraction of sp³-hybridized carbons (Fsp3) is 0.750. The van der Waals surface area contributed by atoms with Crippen LogP contribution in [-0.4, -0.2) is 32.3 Å². The second-order valence-corrected chi connectivity index (χ2v) is 1.58. The molecule has 1 unspecified atom stereocenters. The lowest BCUT2D eigenvalue weighted by molar-refractivity contribution is -0.104. The fourth-order valence-corrected chi connectivity index (χ4v) is 0.507. The van der Waals surface area contributed by atoms with Crippen molar-refractivity contribution in [3.05, 3.63) is 5.82 Å². The van der Waals surface area contributed by atoms with Crippen molar-refractivity contribution in [3.8, 4) is 0 Å². The molecule has 0 saturated carbocycles. The van der Waals surface area contributed by atoms with E-state index in [-0.39, 0.29) is 5.82 Å². The monoisotopic (exact) mass is 144 g/mol. The van der Waals surface area contributed by atoms with E-state index in [0.717, 1.165) is 0 Å². The number of hydrogen-bond acceptors (Lipinski definition) is 5. The van der Waals surface area contributed by atoms with Gasteiger partial charge in [0, 0.05) is 6.61 Å². The molecule has 2 N–H and O–H groups in total.